The first-order chi connectivity index (χ1) is 8.49. The molecule has 1 aromatic carbocycles. The van der Waals surface area contributed by atoms with Crippen LogP contribution in [-0.2, 0) is 4.79 Å². The van der Waals surface area contributed by atoms with Crippen LogP contribution in [-0.4, -0.2) is 11.6 Å². The number of Topliss-reactive ketones (excluding diaryl/α,β-unsaturated/α-hetero) is 2. The Hall–Kier alpha value is -1.44. The minimum absolute atomic E-state index is 0.000556. The van der Waals surface area contributed by atoms with Crippen molar-refractivity contribution in [2.45, 2.75) is 33.6 Å². The second kappa shape index (κ2) is 5.05. The molecule has 0 aliphatic heterocycles. The van der Waals surface area contributed by atoms with Gasteiger partial charge < -0.3 is 0 Å². The van der Waals surface area contributed by atoms with Gasteiger partial charge in [-0.25, -0.2) is 0 Å². The molecule has 1 fully saturated rings. The van der Waals surface area contributed by atoms with Crippen LogP contribution in [0.25, 0.3) is 0 Å². The molecule has 18 heavy (non-hydrogen) atoms. The van der Waals surface area contributed by atoms with Gasteiger partial charge >= 0.3 is 0 Å². The number of carbonyl (C=O) groups excluding carboxylic acids is 2. The van der Waals surface area contributed by atoms with E-state index in [1.807, 2.05) is 38.1 Å². The summed E-state index contributed by atoms with van der Waals surface area (Å²) in [6.45, 7) is 6.09. The summed E-state index contributed by atoms with van der Waals surface area (Å²) in [4.78, 5) is 24.5. The fraction of sp³-hybridized carbons (Fsp3) is 0.500. The van der Waals surface area contributed by atoms with Gasteiger partial charge in [-0.2, -0.15) is 0 Å². The largest absolute Gasteiger partial charge is 0.299 e. The molecule has 0 aromatic heterocycles. The minimum atomic E-state index is -0.427. The number of ketones is 2. The molecule has 1 aliphatic carbocycles. The lowest BCUT2D eigenvalue weighted by molar-refractivity contribution is -0.125. The lowest BCUT2D eigenvalue weighted by atomic mass is 9.72. The minimum Gasteiger partial charge on any atom is -0.299 e. The van der Waals surface area contributed by atoms with Crippen LogP contribution in [0.15, 0.2) is 24.3 Å². The molecule has 96 valence electrons. The Morgan fingerprint density at radius 1 is 1.17 bits per heavy atom. The van der Waals surface area contributed by atoms with Gasteiger partial charge in [-0.3, -0.25) is 9.59 Å². The van der Waals surface area contributed by atoms with Crippen LogP contribution in [0.3, 0.4) is 0 Å². The molecule has 3 unspecified atom stereocenters. The Bertz CT molecular complexity index is 458. The number of rotatable bonds is 2. The average molecular weight is 244 g/mol. The molecule has 2 heteroatoms. The average Bonchev–Trinajstić information content (AvgIpc) is 2.28. The number of carbonyl (C=O) groups is 2. The monoisotopic (exact) mass is 244 g/mol. The van der Waals surface area contributed by atoms with Crippen molar-refractivity contribution in [3.05, 3.63) is 35.4 Å². The maximum Gasteiger partial charge on any atom is 0.173 e. The van der Waals surface area contributed by atoms with Gasteiger partial charge in [0.15, 0.2) is 5.78 Å². The van der Waals surface area contributed by atoms with Crippen molar-refractivity contribution in [3.63, 3.8) is 0 Å². The molecule has 0 bridgehead atoms. The lowest BCUT2D eigenvalue weighted by Crippen LogP contribution is -2.36. The second-order valence-electron chi connectivity index (χ2n) is 5.70. The van der Waals surface area contributed by atoms with E-state index in [1.54, 1.807) is 0 Å². The molecule has 0 amide bonds. The van der Waals surface area contributed by atoms with Crippen molar-refractivity contribution in [1.29, 1.82) is 0 Å². The van der Waals surface area contributed by atoms with E-state index < -0.39 is 5.92 Å². The molecule has 1 saturated carbocycles. The summed E-state index contributed by atoms with van der Waals surface area (Å²) < 4.78 is 0. The highest BCUT2D eigenvalue weighted by molar-refractivity contribution is 6.11. The van der Waals surface area contributed by atoms with Crippen LogP contribution < -0.4 is 0 Å². The summed E-state index contributed by atoms with van der Waals surface area (Å²) in [6.07, 6.45) is 1.51. The van der Waals surface area contributed by atoms with Crippen LogP contribution in [0.2, 0.25) is 0 Å². The highest BCUT2D eigenvalue weighted by atomic mass is 16.2. The van der Waals surface area contributed by atoms with E-state index in [0.717, 1.165) is 12.0 Å². The van der Waals surface area contributed by atoms with Crippen molar-refractivity contribution in [2.24, 2.45) is 17.8 Å². The first kappa shape index (κ1) is 13.0. The summed E-state index contributed by atoms with van der Waals surface area (Å²) >= 11 is 0. The van der Waals surface area contributed by atoms with Crippen LogP contribution in [0.5, 0.6) is 0 Å². The zero-order valence-corrected chi connectivity index (χ0v) is 11.3. The summed E-state index contributed by atoms with van der Waals surface area (Å²) in [5.74, 6) is 0.264. The van der Waals surface area contributed by atoms with Gasteiger partial charge in [0.25, 0.3) is 0 Å². The van der Waals surface area contributed by atoms with Gasteiger partial charge in [-0.15, -0.1) is 0 Å². The van der Waals surface area contributed by atoms with Crippen LogP contribution in [0, 0.1) is 24.7 Å². The third kappa shape index (κ3) is 2.53. The molecule has 0 spiro atoms. The smallest absolute Gasteiger partial charge is 0.173 e. The Morgan fingerprint density at radius 2 is 1.78 bits per heavy atom. The van der Waals surface area contributed by atoms with Gasteiger partial charge in [0.2, 0.25) is 0 Å². The van der Waals surface area contributed by atoms with E-state index in [2.05, 4.69) is 6.92 Å². The van der Waals surface area contributed by atoms with E-state index in [1.165, 1.54) is 0 Å². The van der Waals surface area contributed by atoms with Gasteiger partial charge in [0, 0.05) is 12.0 Å². The molecule has 0 N–H and O–H groups in total. The highest BCUT2D eigenvalue weighted by Crippen LogP contribution is 2.33. The van der Waals surface area contributed by atoms with Crippen molar-refractivity contribution in [2.75, 3.05) is 0 Å². The fourth-order valence-corrected chi connectivity index (χ4v) is 2.94. The van der Waals surface area contributed by atoms with E-state index in [9.17, 15) is 9.59 Å². The molecule has 0 radical (unpaired) electrons. The molecule has 3 atom stereocenters. The van der Waals surface area contributed by atoms with Crippen LogP contribution >= 0.6 is 0 Å². The molecule has 0 saturated heterocycles. The van der Waals surface area contributed by atoms with Crippen molar-refractivity contribution in [1.82, 2.24) is 0 Å². The molecule has 1 aromatic rings. The standard InChI is InChI=1S/C16H20O2/c1-10-4-6-13(7-5-10)16(18)15-12(3)8-11(2)9-14(15)17/h4-7,11-12,15H,8-9H2,1-3H3. The van der Waals surface area contributed by atoms with Crippen LogP contribution in [0.4, 0.5) is 0 Å². The highest BCUT2D eigenvalue weighted by Gasteiger charge is 2.37. The molecule has 0 heterocycles. The quantitative estimate of drug-likeness (QED) is 0.590. The van der Waals surface area contributed by atoms with Crippen molar-refractivity contribution in [3.8, 4) is 0 Å². The Kier molecular flexibility index (Phi) is 3.65. The maximum absolute atomic E-state index is 12.4. The Labute approximate surface area is 108 Å². The van der Waals surface area contributed by atoms with Crippen molar-refractivity contribution < 1.29 is 9.59 Å². The summed E-state index contributed by atoms with van der Waals surface area (Å²) in [6, 6.07) is 7.51. The van der Waals surface area contributed by atoms with E-state index in [0.29, 0.717) is 17.9 Å². The van der Waals surface area contributed by atoms with Gasteiger partial charge in [-0.05, 0) is 25.2 Å². The van der Waals surface area contributed by atoms with Gasteiger partial charge in [0.1, 0.15) is 5.78 Å². The van der Waals surface area contributed by atoms with E-state index in [4.69, 9.17) is 0 Å². The fourth-order valence-electron chi connectivity index (χ4n) is 2.94. The maximum atomic E-state index is 12.4. The summed E-state index contributed by atoms with van der Waals surface area (Å²) in [7, 11) is 0. The molecule has 2 nitrogen and oxygen atoms in total. The summed E-state index contributed by atoms with van der Waals surface area (Å²) in [5.41, 5.74) is 1.79. The van der Waals surface area contributed by atoms with Crippen LogP contribution in [0.1, 0.15) is 42.6 Å². The second-order valence-corrected chi connectivity index (χ2v) is 5.70. The SMILES string of the molecule is Cc1ccc(C(=O)C2C(=O)CC(C)CC2C)cc1. The zero-order valence-electron chi connectivity index (χ0n) is 11.3. The molecular formula is C16H20O2. The predicted molar refractivity (Wildman–Crippen MR) is 71.6 cm³/mol. The number of hydrogen-bond acceptors (Lipinski definition) is 2. The van der Waals surface area contributed by atoms with Crippen molar-refractivity contribution >= 4 is 11.6 Å². The lowest BCUT2D eigenvalue weighted by Gasteiger charge is -2.30. The number of aryl methyl sites for hydroxylation is 1. The Morgan fingerprint density at radius 3 is 2.33 bits per heavy atom. The van der Waals surface area contributed by atoms with E-state index in [-0.39, 0.29) is 17.5 Å². The first-order valence-corrected chi connectivity index (χ1v) is 6.62. The topological polar surface area (TPSA) is 34.1 Å². The number of benzene rings is 1. The molecule has 2 rings (SSSR count). The molecule has 1 aliphatic rings. The predicted octanol–water partition coefficient (Wildman–Crippen LogP) is 3.43. The van der Waals surface area contributed by atoms with Gasteiger partial charge in [-0.1, -0.05) is 43.7 Å². The Balaban J connectivity index is 2.22. The van der Waals surface area contributed by atoms with E-state index >= 15 is 0 Å². The molecular weight excluding hydrogens is 224 g/mol. The number of hydrogen-bond donors (Lipinski definition) is 0. The normalized spacial score (nSPS) is 28.2. The zero-order chi connectivity index (χ0) is 13.3. The third-order valence-electron chi connectivity index (χ3n) is 3.86. The first-order valence-electron chi connectivity index (χ1n) is 6.62. The third-order valence-corrected chi connectivity index (χ3v) is 3.86. The van der Waals surface area contributed by atoms with Gasteiger partial charge in [0.05, 0.1) is 5.92 Å². The summed E-state index contributed by atoms with van der Waals surface area (Å²) in [5, 5.41) is 0.